The highest BCUT2D eigenvalue weighted by Gasteiger charge is 2.08. The standard InChI is InChI=1S/C21H38N4.HI/c1-6-25(7-2)17-11-12-19(4)24-21(22-5)23-16-15-18(3)20-13-9-8-10-14-20;/h8-10,13-14,18-19H,6-7,11-12,15-17H2,1-5H3,(H2,22,23,24);1H. The maximum absolute atomic E-state index is 4.36. The average molecular weight is 474 g/mol. The molecular formula is C21H39IN4. The molecule has 1 aromatic rings. The number of nitrogens with one attached hydrogen (secondary N) is 2. The third-order valence-electron chi connectivity index (χ3n) is 4.85. The van der Waals surface area contributed by atoms with Crippen LogP contribution in [0.1, 0.15) is 58.4 Å². The van der Waals surface area contributed by atoms with E-state index in [2.05, 4.69) is 78.6 Å². The van der Waals surface area contributed by atoms with Crippen molar-refractivity contribution in [2.45, 2.75) is 58.9 Å². The first kappa shape index (κ1) is 25.2. The molecular weight excluding hydrogens is 435 g/mol. The second-order valence-corrected chi connectivity index (χ2v) is 6.81. The van der Waals surface area contributed by atoms with Crippen LogP contribution in [0.2, 0.25) is 0 Å². The summed E-state index contributed by atoms with van der Waals surface area (Å²) in [6.45, 7) is 13.4. The Morgan fingerprint density at radius 3 is 2.31 bits per heavy atom. The van der Waals surface area contributed by atoms with E-state index in [1.165, 1.54) is 18.5 Å². The number of hydrogen-bond acceptors (Lipinski definition) is 2. The van der Waals surface area contributed by atoms with Gasteiger partial charge in [-0.05, 0) is 57.3 Å². The van der Waals surface area contributed by atoms with Gasteiger partial charge in [0.15, 0.2) is 5.96 Å². The van der Waals surface area contributed by atoms with Gasteiger partial charge in [-0.2, -0.15) is 0 Å². The lowest BCUT2D eigenvalue weighted by Gasteiger charge is -2.21. The van der Waals surface area contributed by atoms with Crippen molar-refractivity contribution < 1.29 is 0 Å². The predicted molar refractivity (Wildman–Crippen MR) is 126 cm³/mol. The quantitative estimate of drug-likeness (QED) is 0.282. The normalized spacial score (nSPS) is 13.8. The Labute approximate surface area is 178 Å². The first-order chi connectivity index (χ1) is 12.1. The Morgan fingerprint density at radius 1 is 1.08 bits per heavy atom. The summed E-state index contributed by atoms with van der Waals surface area (Å²) in [6.07, 6.45) is 3.48. The van der Waals surface area contributed by atoms with E-state index in [4.69, 9.17) is 0 Å². The van der Waals surface area contributed by atoms with Crippen LogP contribution in [-0.2, 0) is 0 Å². The highest BCUT2D eigenvalue weighted by Crippen LogP contribution is 2.17. The number of guanidine groups is 1. The Balaban J connectivity index is 0.00000625. The van der Waals surface area contributed by atoms with Gasteiger partial charge >= 0.3 is 0 Å². The molecule has 0 amide bonds. The van der Waals surface area contributed by atoms with Crippen LogP contribution in [0.4, 0.5) is 0 Å². The van der Waals surface area contributed by atoms with E-state index in [0.29, 0.717) is 12.0 Å². The zero-order valence-corrected chi connectivity index (χ0v) is 19.6. The van der Waals surface area contributed by atoms with E-state index in [1.54, 1.807) is 0 Å². The predicted octanol–water partition coefficient (Wildman–Crippen LogP) is 4.47. The van der Waals surface area contributed by atoms with Crippen LogP contribution in [-0.4, -0.2) is 50.1 Å². The molecule has 0 fully saturated rings. The lowest BCUT2D eigenvalue weighted by molar-refractivity contribution is 0.292. The Kier molecular flexibility index (Phi) is 14.8. The summed E-state index contributed by atoms with van der Waals surface area (Å²) in [7, 11) is 1.85. The summed E-state index contributed by atoms with van der Waals surface area (Å²) in [4.78, 5) is 6.83. The fourth-order valence-electron chi connectivity index (χ4n) is 3.02. The molecule has 1 rings (SSSR count). The van der Waals surface area contributed by atoms with E-state index in [-0.39, 0.29) is 24.0 Å². The van der Waals surface area contributed by atoms with E-state index < -0.39 is 0 Å². The Hall–Kier alpha value is -0.820. The fraction of sp³-hybridized carbons (Fsp3) is 0.667. The average Bonchev–Trinajstić information content (AvgIpc) is 2.65. The summed E-state index contributed by atoms with van der Waals surface area (Å²) >= 11 is 0. The van der Waals surface area contributed by atoms with Crippen molar-refractivity contribution in [1.82, 2.24) is 15.5 Å². The highest BCUT2D eigenvalue weighted by molar-refractivity contribution is 14.0. The number of halogens is 1. The van der Waals surface area contributed by atoms with Crippen molar-refractivity contribution in [2.24, 2.45) is 4.99 Å². The summed E-state index contributed by atoms with van der Waals surface area (Å²) < 4.78 is 0. The van der Waals surface area contributed by atoms with Gasteiger partial charge in [0.05, 0.1) is 0 Å². The molecule has 0 radical (unpaired) electrons. The fourth-order valence-corrected chi connectivity index (χ4v) is 3.02. The van der Waals surface area contributed by atoms with Crippen LogP contribution in [0.3, 0.4) is 0 Å². The van der Waals surface area contributed by atoms with Crippen LogP contribution >= 0.6 is 24.0 Å². The van der Waals surface area contributed by atoms with Gasteiger partial charge in [-0.1, -0.05) is 51.1 Å². The van der Waals surface area contributed by atoms with Crippen LogP contribution in [0, 0.1) is 0 Å². The molecule has 0 aliphatic rings. The third kappa shape index (κ3) is 10.4. The Morgan fingerprint density at radius 2 is 1.73 bits per heavy atom. The topological polar surface area (TPSA) is 39.7 Å². The molecule has 0 aromatic heterocycles. The van der Waals surface area contributed by atoms with Crippen molar-refractivity contribution in [3.05, 3.63) is 35.9 Å². The van der Waals surface area contributed by atoms with Crippen molar-refractivity contribution >= 4 is 29.9 Å². The minimum Gasteiger partial charge on any atom is -0.356 e. The zero-order chi connectivity index (χ0) is 18.5. The SMILES string of the molecule is CCN(CC)CCCC(C)NC(=NC)NCCC(C)c1ccccc1.I. The van der Waals surface area contributed by atoms with E-state index in [9.17, 15) is 0 Å². The molecule has 5 heteroatoms. The van der Waals surface area contributed by atoms with E-state index in [1.807, 2.05) is 7.05 Å². The zero-order valence-electron chi connectivity index (χ0n) is 17.3. The molecule has 0 aliphatic carbocycles. The molecule has 1 aromatic carbocycles. The van der Waals surface area contributed by atoms with E-state index in [0.717, 1.165) is 38.4 Å². The first-order valence-electron chi connectivity index (χ1n) is 9.85. The second kappa shape index (κ2) is 15.3. The van der Waals surface area contributed by atoms with E-state index >= 15 is 0 Å². The maximum Gasteiger partial charge on any atom is 0.191 e. The second-order valence-electron chi connectivity index (χ2n) is 6.81. The van der Waals surface area contributed by atoms with Gasteiger partial charge in [-0.3, -0.25) is 4.99 Å². The van der Waals surface area contributed by atoms with Gasteiger partial charge < -0.3 is 15.5 Å². The van der Waals surface area contributed by atoms with Gasteiger partial charge in [0, 0.05) is 19.6 Å². The molecule has 0 bridgehead atoms. The van der Waals surface area contributed by atoms with Crippen molar-refractivity contribution in [3.63, 3.8) is 0 Å². The van der Waals surface area contributed by atoms with Crippen LogP contribution < -0.4 is 10.6 Å². The van der Waals surface area contributed by atoms with Gasteiger partial charge in [-0.15, -0.1) is 24.0 Å². The summed E-state index contributed by atoms with van der Waals surface area (Å²) in [5.74, 6) is 1.47. The van der Waals surface area contributed by atoms with Gasteiger partial charge in [0.2, 0.25) is 0 Å². The third-order valence-corrected chi connectivity index (χ3v) is 4.85. The summed E-state index contributed by atoms with van der Waals surface area (Å²) in [6, 6.07) is 11.1. The van der Waals surface area contributed by atoms with Crippen LogP contribution in [0.15, 0.2) is 35.3 Å². The highest BCUT2D eigenvalue weighted by atomic mass is 127. The minimum atomic E-state index is 0. The van der Waals surface area contributed by atoms with Gasteiger partial charge in [0.25, 0.3) is 0 Å². The number of hydrogen-bond donors (Lipinski definition) is 2. The molecule has 2 N–H and O–H groups in total. The van der Waals surface area contributed by atoms with Crippen LogP contribution in [0.25, 0.3) is 0 Å². The molecule has 0 heterocycles. The Bertz CT molecular complexity index is 474. The maximum atomic E-state index is 4.36. The lowest BCUT2D eigenvalue weighted by Crippen LogP contribution is -2.43. The molecule has 0 saturated heterocycles. The number of rotatable bonds is 11. The minimum absolute atomic E-state index is 0. The number of aliphatic imine (C=N–C) groups is 1. The molecule has 2 unspecified atom stereocenters. The molecule has 150 valence electrons. The van der Waals surface area contributed by atoms with Crippen LogP contribution in [0.5, 0.6) is 0 Å². The molecule has 26 heavy (non-hydrogen) atoms. The molecule has 0 spiro atoms. The van der Waals surface area contributed by atoms with Crippen molar-refractivity contribution in [1.29, 1.82) is 0 Å². The monoisotopic (exact) mass is 474 g/mol. The van der Waals surface area contributed by atoms with Crippen molar-refractivity contribution in [3.8, 4) is 0 Å². The number of benzene rings is 1. The molecule has 0 aliphatic heterocycles. The largest absolute Gasteiger partial charge is 0.356 e. The van der Waals surface area contributed by atoms with Gasteiger partial charge in [-0.25, -0.2) is 0 Å². The lowest BCUT2D eigenvalue weighted by atomic mass is 9.98. The smallest absolute Gasteiger partial charge is 0.191 e. The first-order valence-corrected chi connectivity index (χ1v) is 9.85. The molecule has 4 nitrogen and oxygen atoms in total. The van der Waals surface area contributed by atoms with Crippen molar-refractivity contribution in [2.75, 3.05) is 33.2 Å². The molecule has 0 saturated carbocycles. The summed E-state index contributed by atoms with van der Waals surface area (Å²) in [5.41, 5.74) is 1.40. The number of nitrogens with zero attached hydrogens (tertiary/aromatic N) is 2. The van der Waals surface area contributed by atoms with Gasteiger partial charge in [0.1, 0.15) is 0 Å². The summed E-state index contributed by atoms with van der Waals surface area (Å²) in [5, 5.41) is 6.96. The molecule has 2 atom stereocenters.